The molecule has 0 atom stereocenters. The Balaban J connectivity index is 1.47. The zero-order valence-corrected chi connectivity index (χ0v) is 17.3. The number of morpholine rings is 1. The fourth-order valence-corrected chi connectivity index (χ4v) is 3.36. The van der Waals surface area contributed by atoms with Gasteiger partial charge in [-0.05, 0) is 36.4 Å². The standard InChI is InChI=1S/C22H20ClFN4O3/c23-20-2-1-18(10-16(20)14-31-21-13-25-3-4-26-21)27-22(29)15-9-17(24)12-19(11-15)28-5-7-30-8-6-28/h1-4,9-13H,5-8,14H2,(H,27,29). The molecule has 4 rings (SSSR count). The molecule has 1 aliphatic heterocycles. The molecule has 1 N–H and O–H groups in total. The monoisotopic (exact) mass is 442 g/mol. The van der Waals surface area contributed by atoms with Crippen LogP contribution in [0.2, 0.25) is 5.02 Å². The average Bonchev–Trinajstić information content (AvgIpc) is 2.80. The van der Waals surface area contributed by atoms with Crippen LogP contribution in [-0.4, -0.2) is 42.2 Å². The van der Waals surface area contributed by atoms with E-state index >= 15 is 0 Å². The van der Waals surface area contributed by atoms with Gasteiger partial charge in [0.15, 0.2) is 0 Å². The van der Waals surface area contributed by atoms with Gasteiger partial charge in [-0.25, -0.2) is 9.37 Å². The molecule has 0 bridgehead atoms. The van der Waals surface area contributed by atoms with Crippen molar-refractivity contribution < 1.29 is 18.7 Å². The lowest BCUT2D eigenvalue weighted by molar-refractivity contribution is 0.102. The smallest absolute Gasteiger partial charge is 0.255 e. The summed E-state index contributed by atoms with van der Waals surface area (Å²) in [5.41, 5.74) is 2.07. The second kappa shape index (κ2) is 9.72. The lowest BCUT2D eigenvalue weighted by atomic mass is 10.1. The first-order chi connectivity index (χ1) is 15.1. The normalized spacial score (nSPS) is 13.7. The molecule has 1 saturated heterocycles. The molecule has 0 spiro atoms. The van der Waals surface area contributed by atoms with E-state index in [9.17, 15) is 9.18 Å². The topological polar surface area (TPSA) is 76.6 Å². The van der Waals surface area contributed by atoms with Gasteiger partial charge < -0.3 is 19.7 Å². The fourth-order valence-electron chi connectivity index (χ4n) is 3.19. The van der Waals surface area contributed by atoms with Crippen molar-refractivity contribution in [2.75, 3.05) is 36.5 Å². The van der Waals surface area contributed by atoms with Crippen molar-refractivity contribution in [1.29, 1.82) is 0 Å². The van der Waals surface area contributed by atoms with E-state index in [1.165, 1.54) is 24.5 Å². The molecule has 9 heteroatoms. The van der Waals surface area contributed by atoms with Crippen molar-refractivity contribution in [3.8, 4) is 5.88 Å². The highest BCUT2D eigenvalue weighted by Gasteiger charge is 2.16. The number of aromatic nitrogens is 2. The molecule has 1 aliphatic rings. The number of carbonyl (C=O) groups is 1. The van der Waals surface area contributed by atoms with E-state index in [0.717, 1.165) is 0 Å². The summed E-state index contributed by atoms with van der Waals surface area (Å²) in [5.74, 6) is -0.524. The second-order valence-electron chi connectivity index (χ2n) is 6.89. The number of anilines is 2. The van der Waals surface area contributed by atoms with Crippen molar-refractivity contribution in [3.05, 3.63) is 77.0 Å². The van der Waals surface area contributed by atoms with Gasteiger partial charge in [-0.1, -0.05) is 11.6 Å². The van der Waals surface area contributed by atoms with Crippen LogP contribution in [0.3, 0.4) is 0 Å². The summed E-state index contributed by atoms with van der Waals surface area (Å²) < 4.78 is 25.1. The van der Waals surface area contributed by atoms with Gasteiger partial charge in [0.25, 0.3) is 5.91 Å². The minimum absolute atomic E-state index is 0.155. The van der Waals surface area contributed by atoms with Crippen molar-refractivity contribution in [2.24, 2.45) is 0 Å². The molecule has 0 saturated carbocycles. The van der Waals surface area contributed by atoms with E-state index in [1.54, 1.807) is 30.5 Å². The van der Waals surface area contributed by atoms with Crippen LogP contribution in [0.25, 0.3) is 0 Å². The lowest BCUT2D eigenvalue weighted by Crippen LogP contribution is -2.36. The molecule has 2 aromatic carbocycles. The van der Waals surface area contributed by atoms with E-state index < -0.39 is 11.7 Å². The number of rotatable bonds is 6. The number of hydrogen-bond acceptors (Lipinski definition) is 6. The molecule has 0 unspecified atom stereocenters. The highest BCUT2D eigenvalue weighted by molar-refractivity contribution is 6.31. The first kappa shape index (κ1) is 21.0. The maximum absolute atomic E-state index is 14.2. The summed E-state index contributed by atoms with van der Waals surface area (Å²) in [5, 5.41) is 3.28. The first-order valence-electron chi connectivity index (χ1n) is 9.70. The fraction of sp³-hybridized carbons (Fsp3) is 0.227. The number of halogens is 2. The summed E-state index contributed by atoms with van der Waals surface area (Å²) >= 11 is 6.25. The van der Waals surface area contributed by atoms with Gasteiger partial charge in [0.2, 0.25) is 5.88 Å². The first-order valence-corrected chi connectivity index (χ1v) is 10.1. The molecule has 0 aliphatic carbocycles. The minimum Gasteiger partial charge on any atom is -0.472 e. The SMILES string of the molecule is O=C(Nc1ccc(Cl)c(COc2cnccn2)c1)c1cc(F)cc(N2CCOCC2)c1. The van der Waals surface area contributed by atoms with Crippen LogP contribution in [0, 0.1) is 5.82 Å². The largest absolute Gasteiger partial charge is 0.472 e. The molecule has 160 valence electrons. The Hall–Kier alpha value is -3.23. The van der Waals surface area contributed by atoms with Gasteiger partial charge >= 0.3 is 0 Å². The van der Waals surface area contributed by atoms with Crippen molar-refractivity contribution in [1.82, 2.24) is 9.97 Å². The van der Waals surface area contributed by atoms with Crippen LogP contribution in [0.1, 0.15) is 15.9 Å². The third-order valence-corrected chi connectivity index (χ3v) is 5.11. The molecule has 7 nitrogen and oxygen atoms in total. The zero-order valence-electron chi connectivity index (χ0n) is 16.6. The predicted octanol–water partition coefficient (Wildman–Crippen LogP) is 3.94. The Kier molecular flexibility index (Phi) is 6.59. The molecule has 3 aromatic rings. The molecule has 1 fully saturated rings. The van der Waals surface area contributed by atoms with Crippen molar-refractivity contribution >= 4 is 28.9 Å². The van der Waals surface area contributed by atoms with E-state index in [0.29, 0.717) is 54.1 Å². The Labute approximate surface area is 183 Å². The lowest BCUT2D eigenvalue weighted by Gasteiger charge is -2.29. The Morgan fingerprint density at radius 1 is 1.19 bits per heavy atom. The van der Waals surface area contributed by atoms with Crippen LogP contribution in [0.4, 0.5) is 15.8 Å². The Morgan fingerprint density at radius 3 is 2.81 bits per heavy atom. The Bertz CT molecular complexity index is 1060. The van der Waals surface area contributed by atoms with Crippen molar-refractivity contribution in [3.63, 3.8) is 0 Å². The maximum Gasteiger partial charge on any atom is 0.255 e. The molecule has 0 radical (unpaired) electrons. The molecular formula is C22H20ClFN4O3. The third-order valence-electron chi connectivity index (χ3n) is 4.74. The van der Waals surface area contributed by atoms with Gasteiger partial charge in [-0.3, -0.25) is 9.78 Å². The van der Waals surface area contributed by atoms with Crippen LogP contribution in [0.15, 0.2) is 55.0 Å². The molecule has 1 amide bonds. The summed E-state index contributed by atoms with van der Waals surface area (Å²) in [6.07, 6.45) is 4.57. The van der Waals surface area contributed by atoms with Crippen LogP contribution >= 0.6 is 11.6 Å². The molecule has 2 heterocycles. The highest BCUT2D eigenvalue weighted by atomic mass is 35.5. The summed E-state index contributed by atoms with van der Waals surface area (Å²) in [6, 6.07) is 9.36. The second-order valence-corrected chi connectivity index (χ2v) is 7.30. The van der Waals surface area contributed by atoms with Crippen molar-refractivity contribution in [2.45, 2.75) is 6.61 Å². The molecule has 1 aromatic heterocycles. The average molecular weight is 443 g/mol. The number of amides is 1. The summed E-state index contributed by atoms with van der Waals surface area (Å²) in [7, 11) is 0. The highest BCUT2D eigenvalue weighted by Crippen LogP contribution is 2.24. The molecule has 31 heavy (non-hydrogen) atoms. The summed E-state index contributed by atoms with van der Waals surface area (Å²) in [4.78, 5) is 22.8. The van der Waals surface area contributed by atoms with Gasteiger partial charge in [0, 0.05) is 53.0 Å². The van der Waals surface area contributed by atoms with Crippen LogP contribution in [0.5, 0.6) is 5.88 Å². The minimum atomic E-state index is -0.469. The summed E-state index contributed by atoms with van der Waals surface area (Å²) in [6.45, 7) is 2.60. The van der Waals surface area contributed by atoms with Gasteiger partial charge in [0.1, 0.15) is 12.4 Å². The number of nitrogens with zero attached hydrogens (tertiary/aromatic N) is 3. The van der Waals surface area contributed by atoms with E-state index in [2.05, 4.69) is 15.3 Å². The maximum atomic E-state index is 14.2. The van der Waals surface area contributed by atoms with E-state index in [1.807, 2.05) is 4.90 Å². The number of carbonyl (C=O) groups excluding carboxylic acids is 1. The quantitative estimate of drug-likeness (QED) is 0.623. The number of benzene rings is 2. The Morgan fingerprint density at radius 2 is 2.03 bits per heavy atom. The zero-order chi connectivity index (χ0) is 21.6. The number of hydrogen-bond donors (Lipinski definition) is 1. The van der Waals surface area contributed by atoms with E-state index in [4.69, 9.17) is 21.1 Å². The third kappa shape index (κ3) is 5.48. The number of nitrogens with one attached hydrogen (secondary N) is 1. The van der Waals surface area contributed by atoms with Crippen LogP contribution in [-0.2, 0) is 11.3 Å². The van der Waals surface area contributed by atoms with E-state index in [-0.39, 0.29) is 12.2 Å². The van der Waals surface area contributed by atoms with Gasteiger partial charge in [0.05, 0.1) is 19.4 Å². The van der Waals surface area contributed by atoms with Crippen LogP contribution < -0.4 is 15.0 Å². The van der Waals surface area contributed by atoms with Gasteiger partial charge in [-0.2, -0.15) is 0 Å². The molecular weight excluding hydrogens is 423 g/mol. The number of ether oxygens (including phenoxy) is 2. The predicted molar refractivity (Wildman–Crippen MR) is 115 cm³/mol. The van der Waals surface area contributed by atoms with Gasteiger partial charge in [-0.15, -0.1) is 0 Å².